The molecule has 7 nitrogen and oxygen atoms in total. The lowest BCUT2D eigenvalue weighted by molar-refractivity contribution is -0.386. The highest BCUT2D eigenvalue weighted by Crippen LogP contribution is 2.39. The minimum Gasteiger partial charge on any atom is -0.487 e. The molecule has 17 heavy (non-hydrogen) atoms. The van der Waals surface area contributed by atoms with E-state index in [4.69, 9.17) is 15.6 Å². The Bertz CT molecular complexity index is 500. The first-order valence-electron chi connectivity index (χ1n) is 4.94. The predicted octanol–water partition coefficient (Wildman–Crippen LogP) is 1.08. The van der Waals surface area contributed by atoms with Crippen LogP contribution in [0.3, 0.4) is 0 Å². The number of fused-ring (bicyclic) bond motifs is 1. The summed E-state index contributed by atoms with van der Waals surface area (Å²) < 4.78 is 5.21. The molecule has 1 aliphatic heterocycles. The van der Waals surface area contributed by atoms with Gasteiger partial charge in [0.15, 0.2) is 0 Å². The molecule has 1 aromatic rings. The first-order chi connectivity index (χ1) is 8.00. The highest BCUT2D eigenvalue weighted by molar-refractivity contribution is 5.89. The van der Waals surface area contributed by atoms with Gasteiger partial charge >= 0.3 is 11.7 Å². The number of ether oxygens (including phenoxy) is 1. The molecule has 1 aromatic carbocycles. The Kier molecular flexibility index (Phi) is 2.68. The van der Waals surface area contributed by atoms with E-state index in [0.29, 0.717) is 18.6 Å². The van der Waals surface area contributed by atoms with Gasteiger partial charge in [-0.1, -0.05) is 0 Å². The molecule has 0 bridgehead atoms. The lowest BCUT2D eigenvalue weighted by atomic mass is 9.98. The summed E-state index contributed by atoms with van der Waals surface area (Å²) in [5.41, 5.74) is 5.66. The summed E-state index contributed by atoms with van der Waals surface area (Å²) in [5.74, 6) is -1.15. The molecule has 0 saturated carbocycles. The van der Waals surface area contributed by atoms with Gasteiger partial charge in [-0.2, -0.15) is 0 Å². The summed E-state index contributed by atoms with van der Waals surface area (Å²) in [5, 5.41) is 19.7. The van der Waals surface area contributed by atoms with Crippen LogP contribution in [0.2, 0.25) is 0 Å². The van der Waals surface area contributed by atoms with Crippen molar-refractivity contribution in [2.45, 2.75) is 12.5 Å². The van der Waals surface area contributed by atoms with Crippen LogP contribution in [0.25, 0.3) is 0 Å². The Morgan fingerprint density at radius 1 is 1.59 bits per heavy atom. The van der Waals surface area contributed by atoms with Crippen molar-refractivity contribution < 1.29 is 19.6 Å². The van der Waals surface area contributed by atoms with Crippen molar-refractivity contribution in [2.75, 3.05) is 6.61 Å². The molecule has 0 saturated heterocycles. The van der Waals surface area contributed by atoms with Gasteiger partial charge in [-0.05, 0) is 6.07 Å². The van der Waals surface area contributed by atoms with E-state index < -0.39 is 16.9 Å². The lowest BCUT2D eigenvalue weighted by Crippen LogP contribution is -2.22. The van der Waals surface area contributed by atoms with Crippen LogP contribution in [-0.2, 0) is 0 Å². The number of aromatic carboxylic acids is 1. The zero-order valence-electron chi connectivity index (χ0n) is 8.75. The molecule has 1 aliphatic rings. The van der Waals surface area contributed by atoms with Crippen LogP contribution < -0.4 is 10.5 Å². The molecule has 90 valence electrons. The second-order valence-electron chi connectivity index (χ2n) is 3.72. The fourth-order valence-corrected chi connectivity index (χ4v) is 1.77. The van der Waals surface area contributed by atoms with Crippen molar-refractivity contribution in [3.8, 4) is 5.75 Å². The minimum absolute atomic E-state index is 0.0822. The van der Waals surface area contributed by atoms with E-state index in [1.165, 1.54) is 6.07 Å². The molecule has 0 aromatic heterocycles. The van der Waals surface area contributed by atoms with Crippen molar-refractivity contribution >= 4 is 11.7 Å². The molecule has 7 heteroatoms. The van der Waals surface area contributed by atoms with Crippen LogP contribution in [-0.4, -0.2) is 22.6 Å². The Morgan fingerprint density at radius 2 is 2.29 bits per heavy atom. The minimum atomic E-state index is -1.23. The molecular weight excluding hydrogens is 228 g/mol. The molecule has 0 fully saturated rings. The molecule has 1 atom stereocenters. The smallest absolute Gasteiger partial charge is 0.335 e. The van der Waals surface area contributed by atoms with Gasteiger partial charge in [0.1, 0.15) is 0 Å². The number of rotatable bonds is 2. The maximum atomic E-state index is 10.9. The van der Waals surface area contributed by atoms with E-state index in [1.54, 1.807) is 0 Å². The van der Waals surface area contributed by atoms with Crippen LogP contribution >= 0.6 is 0 Å². The summed E-state index contributed by atoms with van der Waals surface area (Å²) in [6.45, 7) is 0.293. The molecule has 0 unspecified atom stereocenters. The summed E-state index contributed by atoms with van der Waals surface area (Å²) in [4.78, 5) is 21.0. The second-order valence-corrected chi connectivity index (χ2v) is 3.72. The van der Waals surface area contributed by atoms with E-state index in [9.17, 15) is 14.9 Å². The van der Waals surface area contributed by atoms with Crippen LogP contribution in [0.5, 0.6) is 5.75 Å². The number of hydrogen-bond donors (Lipinski definition) is 2. The number of nitrogens with two attached hydrogens (primary N) is 1. The third-order valence-electron chi connectivity index (χ3n) is 2.62. The standard InChI is InChI=1S/C10H10N2O5/c11-7-1-2-17-9-6(7)3-5(10(13)14)4-8(9)12(15)16/h3-4,7H,1-2,11H2,(H,13,14)/t7-/m0/s1. The third kappa shape index (κ3) is 1.92. The average molecular weight is 238 g/mol. The quantitative estimate of drug-likeness (QED) is 0.588. The Balaban J connectivity index is 2.66. The normalized spacial score (nSPS) is 18.1. The van der Waals surface area contributed by atoms with Crippen molar-refractivity contribution in [1.29, 1.82) is 0 Å². The van der Waals surface area contributed by atoms with Gasteiger partial charge in [0.2, 0.25) is 5.75 Å². The first-order valence-corrected chi connectivity index (χ1v) is 4.94. The van der Waals surface area contributed by atoms with Crippen molar-refractivity contribution in [3.63, 3.8) is 0 Å². The number of carbonyl (C=O) groups is 1. The maximum absolute atomic E-state index is 10.9. The number of carboxylic acid groups (broad SMARTS) is 1. The van der Waals surface area contributed by atoms with Crippen molar-refractivity contribution in [3.05, 3.63) is 33.4 Å². The average Bonchev–Trinajstić information content (AvgIpc) is 2.28. The number of benzene rings is 1. The van der Waals surface area contributed by atoms with E-state index in [2.05, 4.69) is 0 Å². The van der Waals surface area contributed by atoms with Crippen LogP contribution in [0.1, 0.15) is 28.4 Å². The molecule has 3 N–H and O–H groups in total. The third-order valence-corrected chi connectivity index (χ3v) is 2.62. The Morgan fingerprint density at radius 3 is 2.88 bits per heavy atom. The van der Waals surface area contributed by atoms with E-state index >= 15 is 0 Å². The van der Waals surface area contributed by atoms with Gasteiger partial charge in [-0.25, -0.2) is 4.79 Å². The largest absolute Gasteiger partial charge is 0.487 e. The predicted molar refractivity (Wildman–Crippen MR) is 57.1 cm³/mol. The molecule has 0 aliphatic carbocycles. The number of nitro groups is 1. The number of nitrogens with zero attached hydrogens (tertiary/aromatic N) is 1. The van der Waals surface area contributed by atoms with Gasteiger partial charge in [-0.3, -0.25) is 10.1 Å². The molecule has 2 rings (SSSR count). The van der Waals surface area contributed by atoms with Crippen LogP contribution in [0.4, 0.5) is 5.69 Å². The van der Waals surface area contributed by atoms with E-state index in [0.717, 1.165) is 6.07 Å². The molecule has 0 amide bonds. The van der Waals surface area contributed by atoms with Crippen LogP contribution in [0.15, 0.2) is 12.1 Å². The summed E-state index contributed by atoms with van der Waals surface area (Å²) in [7, 11) is 0. The molecule has 0 radical (unpaired) electrons. The summed E-state index contributed by atoms with van der Waals surface area (Å²) >= 11 is 0. The van der Waals surface area contributed by atoms with Gasteiger partial charge in [0, 0.05) is 24.1 Å². The fraction of sp³-hybridized carbons (Fsp3) is 0.300. The molecule has 1 heterocycles. The Hall–Kier alpha value is -2.15. The van der Waals surface area contributed by atoms with Crippen LogP contribution in [0, 0.1) is 10.1 Å². The van der Waals surface area contributed by atoms with Crippen molar-refractivity contribution in [1.82, 2.24) is 0 Å². The van der Waals surface area contributed by atoms with Crippen molar-refractivity contribution in [2.24, 2.45) is 5.73 Å². The topological polar surface area (TPSA) is 116 Å². The summed E-state index contributed by atoms with van der Waals surface area (Å²) in [6, 6.07) is 1.88. The summed E-state index contributed by atoms with van der Waals surface area (Å²) in [6.07, 6.45) is 0.507. The highest BCUT2D eigenvalue weighted by atomic mass is 16.6. The first kappa shape index (κ1) is 11.3. The lowest BCUT2D eigenvalue weighted by Gasteiger charge is -2.22. The maximum Gasteiger partial charge on any atom is 0.335 e. The number of carboxylic acids is 1. The number of nitro benzene ring substituents is 1. The fourth-order valence-electron chi connectivity index (χ4n) is 1.77. The Labute approximate surface area is 95.9 Å². The number of hydrogen-bond acceptors (Lipinski definition) is 5. The highest BCUT2D eigenvalue weighted by Gasteiger charge is 2.29. The van der Waals surface area contributed by atoms with E-state index in [-0.39, 0.29) is 17.0 Å². The van der Waals surface area contributed by atoms with Gasteiger partial charge in [0.25, 0.3) is 0 Å². The monoisotopic (exact) mass is 238 g/mol. The molecular formula is C10H10N2O5. The zero-order chi connectivity index (χ0) is 12.6. The SMILES string of the molecule is N[C@H]1CCOc2c1cc(C(=O)O)cc2[N+](=O)[O-]. The van der Waals surface area contributed by atoms with Gasteiger partial charge < -0.3 is 15.6 Å². The zero-order valence-corrected chi connectivity index (χ0v) is 8.75. The molecule has 0 spiro atoms. The van der Waals surface area contributed by atoms with Gasteiger partial charge in [0.05, 0.1) is 17.1 Å². The van der Waals surface area contributed by atoms with E-state index in [1.807, 2.05) is 0 Å². The second kappa shape index (κ2) is 4.02. The van der Waals surface area contributed by atoms with Gasteiger partial charge in [-0.15, -0.1) is 0 Å².